The monoisotopic (exact) mass is 177 g/mol. The van der Waals surface area contributed by atoms with Crippen molar-refractivity contribution in [2.45, 2.75) is 0 Å². The van der Waals surface area contributed by atoms with Gasteiger partial charge in [-0.15, -0.1) is 0 Å². The SMILES string of the molecule is C=CC(=C)CNc1ccc(F)cc1. The van der Waals surface area contributed by atoms with Crippen LogP contribution in [0.25, 0.3) is 0 Å². The van der Waals surface area contributed by atoms with Crippen LogP contribution in [0.1, 0.15) is 0 Å². The molecule has 0 aliphatic rings. The molecule has 0 saturated heterocycles. The summed E-state index contributed by atoms with van der Waals surface area (Å²) in [5, 5.41) is 3.09. The highest BCUT2D eigenvalue weighted by atomic mass is 19.1. The summed E-state index contributed by atoms with van der Waals surface area (Å²) in [6.45, 7) is 7.97. The minimum absolute atomic E-state index is 0.229. The van der Waals surface area contributed by atoms with Crippen molar-refractivity contribution >= 4 is 5.69 Å². The zero-order valence-corrected chi connectivity index (χ0v) is 7.39. The Hall–Kier alpha value is -1.57. The van der Waals surface area contributed by atoms with Gasteiger partial charge in [-0.2, -0.15) is 0 Å². The molecule has 0 atom stereocenters. The predicted octanol–water partition coefficient (Wildman–Crippen LogP) is 2.98. The van der Waals surface area contributed by atoms with Gasteiger partial charge in [-0.3, -0.25) is 0 Å². The van der Waals surface area contributed by atoms with E-state index in [-0.39, 0.29) is 5.82 Å². The molecule has 1 aromatic rings. The summed E-state index contributed by atoms with van der Waals surface area (Å²) in [4.78, 5) is 0. The van der Waals surface area contributed by atoms with Gasteiger partial charge in [0, 0.05) is 12.2 Å². The van der Waals surface area contributed by atoms with Gasteiger partial charge in [0.2, 0.25) is 0 Å². The molecule has 0 saturated carbocycles. The molecular formula is C11H12FN. The molecule has 0 fully saturated rings. The van der Waals surface area contributed by atoms with Crippen molar-refractivity contribution in [3.05, 3.63) is 54.9 Å². The third-order valence-corrected chi connectivity index (χ3v) is 1.65. The number of benzene rings is 1. The molecule has 0 aromatic heterocycles. The second-order valence-corrected chi connectivity index (χ2v) is 2.72. The Balaban J connectivity index is 2.50. The minimum atomic E-state index is -0.229. The molecule has 1 aromatic carbocycles. The van der Waals surface area contributed by atoms with Gasteiger partial charge in [0.15, 0.2) is 0 Å². The fraction of sp³-hybridized carbons (Fsp3) is 0.0909. The molecule has 0 bridgehead atoms. The largest absolute Gasteiger partial charge is 0.381 e. The van der Waals surface area contributed by atoms with Crippen LogP contribution in [-0.4, -0.2) is 6.54 Å². The summed E-state index contributed by atoms with van der Waals surface area (Å²) in [6.07, 6.45) is 1.69. The molecule has 0 unspecified atom stereocenters. The van der Waals surface area contributed by atoms with Crippen LogP contribution in [0.4, 0.5) is 10.1 Å². The molecular weight excluding hydrogens is 165 g/mol. The molecule has 0 radical (unpaired) electrons. The Bertz CT molecular complexity index is 300. The lowest BCUT2D eigenvalue weighted by molar-refractivity contribution is 0.628. The van der Waals surface area contributed by atoms with E-state index in [2.05, 4.69) is 18.5 Å². The maximum Gasteiger partial charge on any atom is 0.123 e. The summed E-state index contributed by atoms with van der Waals surface area (Å²) in [5.41, 5.74) is 1.79. The summed E-state index contributed by atoms with van der Waals surface area (Å²) >= 11 is 0. The maximum absolute atomic E-state index is 12.5. The maximum atomic E-state index is 12.5. The summed E-state index contributed by atoms with van der Waals surface area (Å²) in [5.74, 6) is -0.229. The lowest BCUT2D eigenvalue weighted by atomic mass is 10.2. The number of anilines is 1. The number of hydrogen-bond donors (Lipinski definition) is 1. The molecule has 1 N–H and O–H groups in total. The highest BCUT2D eigenvalue weighted by Gasteiger charge is 1.92. The van der Waals surface area contributed by atoms with Crippen molar-refractivity contribution < 1.29 is 4.39 Å². The van der Waals surface area contributed by atoms with E-state index >= 15 is 0 Å². The second kappa shape index (κ2) is 4.45. The van der Waals surface area contributed by atoms with Crippen LogP contribution in [-0.2, 0) is 0 Å². The minimum Gasteiger partial charge on any atom is -0.381 e. The Kier molecular flexibility index (Phi) is 3.26. The van der Waals surface area contributed by atoms with E-state index in [0.29, 0.717) is 6.54 Å². The lowest BCUT2D eigenvalue weighted by Crippen LogP contribution is -2.01. The zero-order valence-electron chi connectivity index (χ0n) is 7.39. The average Bonchev–Trinajstić information content (AvgIpc) is 2.16. The fourth-order valence-corrected chi connectivity index (χ4v) is 0.856. The van der Waals surface area contributed by atoms with Gasteiger partial charge in [0.05, 0.1) is 0 Å². The average molecular weight is 177 g/mol. The van der Waals surface area contributed by atoms with Crippen molar-refractivity contribution in [1.82, 2.24) is 0 Å². The Morgan fingerprint density at radius 1 is 1.38 bits per heavy atom. The van der Waals surface area contributed by atoms with Crippen molar-refractivity contribution in [2.24, 2.45) is 0 Å². The van der Waals surface area contributed by atoms with Crippen molar-refractivity contribution in [3.63, 3.8) is 0 Å². The van der Waals surface area contributed by atoms with Gasteiger partial charge in [0.25, 0.3) is 0 Å². The molecule has 1 rings (SSSR count). The fourth-order valence-electron chi connectivity index (χ4n) is 0.856. The Labute approximate surface area is 77.6 Å². The highest BCUT2D eigenvalue weighted by Crippen LogP contribution is 2.08. The molecule has 1 nitrogen and oxygen atoms in total. The Morgan fingerprint density at radius 2 is 2.00 bits per heavy atom. The number of halogens is 1. The zero-order chi connectivity index (χ0) is 9.68. The molecule has 0 aliphatic heterocycles. The van der Waals surface area contributed by atoms with Gasteiger partial charge in [-0.05, 0) is 29.8 Å². The van der Waals surface area contributed by atoms with Crippen LogP contribution in [0, 0.1) is 5.82 Å². The van der Waals surface area contributed by atoms with Crippen molar-refractivity contribution in [3.8, 4) is 0 Å². The first-order valence-electron chi connectivity index (χ1n) is 4.02. The number of hydrogen-bond acceptors (Lipinski definition) is 1. The van der Waals surface area contributed by atoms with Gasteiger partial charge in [-0.25, -0.2) is 4.39 Å². The first-order chi connectivity index (χ1) is 6.22. The third-order valence-electron chi connectivity index (χ3n) is 1.65. The Morgan fingerprint density at radius 3 is 2.54 bits per heavy atom. The van der Waals surface area contributed by atoms with E-state index in [0.717, 1.165) is 11.3 Å². The quantitative estimate of drug-likeness (QED) is 0.697. The normalized spacial score (nSPS) is 9.31. The number of rotatable bonds is 4. The van der Waals surface area contributed by atoms with E-state index in [4.69, 9.17) is 0 Å². The van der Waals surface area contributed by atoms with Gasteiger partial charge in [-0.1, -0.05) is 19.2 Å². The molecule has 13 heavy (non-hydrogen) atoms. The molecule has 0 heterocycles. The van der Waals surface area contributed by atoms with Gasteiger partial charge >= 0.3 is 0 Å². The molecule has 0 aliphatic carbocycles. The summed E-state index contributed by atoms with van der Waals surface area (Å²) in [7, 11) is 0. The van der Waals surface area contributed by atoms with Crippen molar-refractivity contribution in [1.29, 1.82) is 0 Å². The van der Waals surface area contributed by atoms with Crippen LogP contribution in [0.2, 0.25) is 0 Å². The summed E-state index contributed by atoms with van der Waals surface area (Å²) < 4.78 is 12.5. The second-order valence-electron chi connectivity index (χ2n) is 2.72. The van der Waals surface area contributed by atoms with Crippen LogP contribution in [0.5, 0.6) is 0 Å². The van der Waals surface area contributed by atoms with E-state index in [9.17, 15) is 4.39 Å². The molecule has 2 heteroatoms. The van der Waals surface area contributed by atoms with Gasteiger partial charge in [0.1, 0.15) is 5.82 Å². The smallest absolute Gasteiger partial charge is 0.123 e. The van der Waals surface area contributed by atoms with E-state index in [1.54, 1.807) is 18.2 Å². The predicted molar refractivity (Wildman–Crippen MR) is 54.2 cm³/mol. The van der Waals surface area contributed by atoms with Crippen LogP contribution in [0.15, 0.2) is 49.1 Å². The first-order valence-corrected chi connectivity index (χ1v) is 4.02. The molecule has 0 spiro atoms. The topological polar surface area (TPSA) is 12.0 Å². The van der Waals surface area contributed by atoms with Crippen LogP contribution >= 0.6 is 0 Å². The summed E-state index contributed by atoms with van der Waals surface area (Å²) in [6, 6.07) is 6.20. The number of nitrogens with one attached hydrogen (secondary N) is 1. The lowest BCUT2D eigenvalue weighted by Gasteiger charge is -2.05. The molecule has 0 amide bonds. The van der Waals surface area contributed by atoms with E-state index < -0.39 is 0 Å². The van der Waals surface area contributed by atoms with E-state index in [1.807, 2.05) is 0 Å². The van der Waals surface area contributed by atoms with E-state index in [1.165, 1.54) is 12.1 Å². The standard InChI is InChI=1S/C11H12FN/c1-3-9(2)8-13-11-6-4-10(12)5-7-11/h3-7,13H,1-2,8H2. The van der Waals surface area contributed by atoms with Crippen LogP contribution in [0.3, 0.4) is 0 Å². The van der Waals surface area contributed by atoms with Crippen molar-refractivity contribution in [2.75, 3.05) is 11.9 Å². The van der Waals surface area contributed by atoms with Gasteiger partial charge < -0.3 is 5.32 Å². The first kappa shape index (κ1) is 9.52. The third kappa shape index (κ3) is 3.11. The molecule has 68 valence electrons. The van der Waals surface area contributed by atoms with Crippen LogP contribution < -0.4 is 5.32 Å². The highest BCUT2D eigenvalue weighted by molar-refractivity contribution is 5.44.